The molecule has 0 unspecified atom stereocenters. The Bertz CT molecular complexity index is 3350. The van der Waals surface area contributed by atoms with Gasteiger partial charge in [0.2, 0.25) is 0 Å². The standard InChI is InChI=1S/C66H60N2/c1-64(2,3)48-29-32-50(33-30-48)67-59-39-46(43-20-12-9-13-21-43)28-34-52(59)55-38-47(44-22-14-10-15-23-44)40-62-56(55)42-57-61(37-35-53-51-26-18-19-27-58(51)66(7,8)63(53)57)68(62)60-36-31-49(65(4,5)6)41-54(60)45-24-16-11-17-25-45/h9-41,67H,42H2,1-8H3. The maximum atomic E-state index is 3.99. The minimum absolute atomic E-state index is 0.0353. The molecule has 0 saturated carbocycles. The summed E-state index contributed by atoms with van der Waals surface area (Å²) in [6, 6.07) is 74.8. The number of anilines is 5. The zero-order valence-electron chi connectivity index (χ0n) is 40.7. The van der Waals surface area contributed by atoms with Gasteiger partial charge in [-0.2, -0.15) is 0 Å². The van der Waals surface area contributed by atoms with Gasteiger partial charge < -0.3 is 10.2 Å². The number of fused-ring (bicyclic) bond motifs is 6. The van der Waals surface area contributed by atoms with Crippen LogP contribution in [0.5, 0.6) is 0 Å². The van der Waals surface area contributed by atoms with Crippen LogP contribution in [0.3, 0.4) is 0 Å². The first-order valence-corrected chi connectivity index (χ1v) is 24.3. The van der Waals surface area contributed by atoms with E-state index >= 15 is 0 Å². The first-order valence-electron chi connectivity index (χ1n) is 24.3. The first kappa shape index (κ1) is 43.2. The highest BCUT2D eigenvalue weighted by Gasteiger charge is 2.41. The fourth-order valence-electron chi connectivity index (χ4n) is 11.0. The van der Waals surface area contributed by atoms with E-state index < -0.39 is 0 Å². The molecule has 1 aliphatic carbocycles. The van der Waals surface area contributed by atoms with E-state index in [1.165, 1.54) is 106 Å². The van der Waals surface area contributed by atoms with Crippen molar-refractivity contribution in [3.05, 3.63) is 234 Å². The van der Waals surface area contributed by atoms with Crippen LogP contribution >= 0.6 is 0 Å². The van der Waals surface area contributed by atoms with Crippen LogP contribution in [0.4, 0.5) is 28.4 Å². The van der Waals surface area contributed by atoms with Gasteiger partial charge in [-0.05, 0) is 137 Å². The molecule has 9 aromatic carbocycles. The number of rotatable bonds is 7. The molecule has 0 radical (unpaired) electrons. The molecule has 2 aliphatic rings. The summed E-state index contributed by atoms with van der Waals surface area (Å²) in [5.74, 6) is 0. The Morgan fingerprint density at radius 1 is 0.397 bits per heavy atom. The molecular weight excluding hydrogens is 821 g/mol. The number of nitrogens with zero attached hydrogens (tertiary/aromatic N) is 1. The zero-order valence-corrected chi connectivity index (χ0v) is 40.7. The van der Waals surface area contributed by atoms with E-state index in [2.05, 4.69) is 266 Å². The Labute approximate surface area is 404 Å². The average Bonchev–Trinajstić information content (AvgIpc) is 3.59. The third-order valence-electron chi connectivity index (χ3n) is 14.6. The van der Waals surface area contributed by atoms with Crippen molar-refractivity contribution in [2.24, 2.45) is 0 Å². The van der Waals surface area contributed by atoms with Crippen LogP contribution in [0, 0.1) is 0 Å². The molecule has 334 valence electrons. The summed E-state index contributed by atoms with van der Waals surface area (Å²) in [6.45, 7) is 18.6. The summed E-state index contributed by atoms with van der Waals surface area (Å²) in [5.41, 5.74) is 26.0. The van der Waals surface area contributed by atoms with E-state index in [0.717, 1.165) is 17.8 Å². The SMILES string of the molecule is CC(C)(C)c1ccc(Nc2cc(-c3ccccc3)ccc2-c2cc(-c3ccccc3)cc3c2Cc2c(ccc4c2C(C)(C)c2ccccc2-4)N3c2ccc(C(C)(C)C)cc2-c2ccccc2)cc1. The predicted octanol–water partition coefficient (Wildman–Crippen LogP) is 18.4. The molecule has 2 nitrogen and oxygen atoms in total. The van der Waals surface area contributed by atoms with Gasteiger partial charge in [0.1, 0.15) is 0 Å². The van der Waals surface area contributed by atoms with Crippen molar-refractivity contribution in [1.82, 2.24) is 0 Å². The number of nitrogens with one attached hydrogen (secondary N) is 1. The van der Waals surface area contributed by atoms with Crippen LogP contribution in [0.1, 0.15) is 88.8 Å². The van der Waals surface area contributed by atoms with Gasteiger partial charge in [0.25, 0.3) is 0 Å². The maximum absolute atomic E-state index is 3.99. The quantitative estimate of drug-likeness (QED) is 0.172. The molecule has 2 heteroatoms. The number of hydrogen-bond donors (Lipinski definition) is 1. The fraction of sp³-hybridized carbons (Fsp3) is 0.182. The van der Waals surface area contributed by atoms with Crippen molar-refractivity contribution < 1.29 is 0 Å². The van der Waals surface area contributed by atoms with E-state index in [4.69, 9.17) is 0 Å². The monoisotopic (exact) mass is 880 g/mol. The Morgan fingerprint density at radius 3 is 1.63 bits per heavy atom. The highest BCUT2D eigenvalue weighted by molar-refractivity contribution is 6.00. The van der Waals surface area contributed by atoms with Crippen LogP contribution in [0.25, 0.3) is 55.6 Å². The molecule has 0 spiro atoms. The Kier molecular flexibility index (Phi) is 10.4. The van der Waals surface area contributed by atoms with Gasteiger partial charge in [0.15, 0.2) is 0 Å². The summed E-state index contributed by atoms with van der Waals surface area (Å²) in [5, 5.41) is 3.99. The summed E-state index contributed by atoms with van der Waals surface area (Å²) in [4.78, 5) is 2.62. The third-order valence-corrected chi connectivity index (χ3v) is 14.6. The van der Waals surface area contributed by atoms with Crippen LogP contribution in [0.15, 0.2) is 200 Å². The highest BCUT2D eigenvalue weighted by Crippen LogP contribution is 2.58. The predicted molar refractivity (Wildman–Crippen MR) is 290 cm³/mol. The summed E-state index contributed by atoms with van der Waals surface area (Å²) in [6.07, 6.45) is 0.785. The highest BCUT2D eigenvalue weighted by atomic mass is 15.2. The molecule has 0 saturated heterocycles. The summed E-state index contributed by atoms with van der Waals surface area (Å²) in [7, 11) is 0. The van der Waals surface area contributed by atoms with Crippen molar-refractivity contribution in [3.8, 4) is 55.6 Å². The second-order valence-corrected chi connectivity index (χ2v) is 21.5. The largest absolute Gasteiger partial charge is 0.355 e. The summed E-state index contributed by atoms with van der Waals surface area (Å²) < 4.78 is 0. The topological polar surface area (TPSA) is 15.3 Å². The Hall–Kier alpha value is -7.42. The molecule has 68 heavy (non-hydrogen) atoms. The molecule has 11 rings (SSSR count). The normalized spacial score (nSPS) is 13.6. The molecule has 0 aromatic heterocycles. The molecule has 0 amide bonds. The second-order valence-electron chi connectivity index (χ2n) is 21.5. The van der Waals surface area contributed by atoms with Crippen molar-refractivity contribution in [1.29, 1.82) is 0 Å². The molecule has 9 aromatic rings. The Morgan fingerprint density at radius 2 is 0.971 bits per heavy atom. The van der Waals surface area contributed by atoms with Crippen molar-refractivity contribution in [2.75, 3.05) is 10.2 Å². The maximum Gasteiger partial charge on any atom is 0.0540 e. The second kappa shape index (κ2) is 16.4. The van der Waals surface area contributed by atoms with Gasteiger partial charge in [0, 0.05) is 34.3 Å². The van der Waals surface area contributed by atoms with Crippen molar-refractivity contribution >= 4 is 28.4 Å². The number of hydrogen-bond acceptors (Lipinski definition) is 2. The molecule has 1 N–H and O–H groups in total. The van der Waals surface area contributed by atoms with E-state index in [0.29, 0.717) is 0 Å². The van der Waals surface area contributed by atoms with Crippen molar-refractivity contribution in [2.45, 2.75) is 78.1 Å². The van der Waals surface area contributed by atoms with Crippen molar-refractivity contribution in [3.63, 3.8) is 0 Å². The van der Waals surface area contributed by atoms with Gasteiger partial charge in [-0.15, -0.1) is 0 Å². The molecule has 0 atom stereocenters. The van der Waals surface area contributed by atoms with E-state index in [1.54, 1.807) is 0 Å². The number of benzene rings is 9. The minimum Gasteiger partial charge on any atom is -0.355 e. The lowest BCUT2D eigenvalue weighted by Gasteiger charge is -2.39. The molecule has 1 aliphatic heterocycles. The van der Waals surface area contributed by atoms with Gasteiger partial charge in [0.05, 0.1) is 17.1 Å². The van der Waals surface area contributed by atoms with Gasteiger partial charge >= 0.3 is 0 Å². The van der Waals surface area contributed by atoms with Crippen LogP contribution in [-0.4, -0.2) is 0 Å². The molecule has 0 bridgehead atoms. The Balaban J connectivity index is 1.22. The van der Waals surface area contributed by atoms with Gasteiger partial charge in [-0.25, -0.2) is 0 Å². The minimum atomic E-state index is -0.202. The molecule has 0 fully saturated rings. The third kappa shape index (κ3) is 7.53. The first-order chi connectivity index (χ1) is 32.7. The molecule has 1 heterocycles. The smallest absolute Gasteiger partial charge is 0.0540 e. The zero-order chi connectivity index (χ0) is 47.0. The lowest BCUT2D eigenvalue weighted by molar-refractivity contribution is 0.590. The fourth-order valence-corrected chi connectivity index (χ4v) is 11.0. The average molecular weight is 881 g/mol. The lowest BCUT2D eigenvalue weighted by atomic mass is 9.76. The molecular formula is C66H60N2. The van der Waals surface area contributed by atoms with Crippen LogP contribution in [-0.2, 0) is 22.7 Å². The van der Waals surface area contributed by atoms with Crippen LogP contribution in [0.2, 0.25) is 0 Å². The lowest BCUT2D eigenvalue weighted by Crippen LogP contribution is -2.25. The van der Waals surface area contributed by atoms with Gasteiger partial charge in [-0.1, -0.05) is 207 Å². The van der Waals surface area contributed by atoms with Crippen LogP contribution < -0.4 is 10.2 Å². The van der Waals surface area contributed by atoms with E-state index in [-0.39, 0.29) is 16.2 Å². The van der Waals surface area contributed by atoms with E-state index in [9.17, 15) is 0 Å². The van der Waals surface area contributed by atoms with Gasteiger partial charge in [-0.3, -0.25) is 0 Å². The summed E-state index contributed by atoms with van der Waals surface area (Å²) >= 11 is 0. The van der Waals surface area contributed by atoms with E-state index in [1.807, 2.05) is 0 Å².